The summed E-state index contributed by atoms with van der Waals surface area (Å²) >= 11 is 0. The number of benzene rings is 1. The number of carbonyl (C=O) groups excluding carboxylic acids is 1. The standard InChI is InChI=1S/C22H36N2O3/c1-6-12-27-22(4,5)21(25)23-19-7-9-20(10-8-19)26-13-11-24-15-17(2)14-18(3)16-24/h7-10,17-18H,6,11-16H2,1-5H3,(H,23,25)/t17-,18+. The number of nitrogens with zero attached hydrogens (tertiary/aromatic N) is 1. The zero-order valence-corrected chi connectivity index (χ0v) is 17.6. The highest BCUT2D eigenvalue weighted by molar-refractivity contribution is 5.96. The van der Waals surface area contributed by atoms with E-state index in [9.17, 15) is 4.79 Å². The van der Waals surface area contributed by atoms with Crippen LogP contribution in [-0.2, 0) is 9.53 Å². The molecule has 1 heterocycles. The number of amides is 1. The van der Waals surface area contributed by atoms with Crippen LogP contribution in [0.5, 0.6) is 5.75 Å². The molecule has 1 N–H and O–H groups in total. The minimum atomic E-state index is -0.839. The van der Waals surface area contributed by atoms with Crippen molar-refractivity contribution in [3.05, 3.63) is 24.3 Å². The van der Waals surface area contributed by atoms with Gasteiger partial charge in [-0.1, -0.05) is 20.8 Å². The van der Waals surface area contributed by atoms with Gasteiger partial charge >= 0.3 is 0 Å². The lowest BCUT2D eigenvalue weighted by Crippen LogP contribution is -2.40. The van der Waals surface area contributed by atoms with Gasteiger partial charge in [0.2, 0.25) is 0 Å². The second-order valence-corrected chi connectivity index (χ2v) is 8.39. The average Bonchev–Trinajstić information content (AvgIpc) is 2.60. The van der Waals surface area contributed by atoms with Gasteiger partial charge in [-0.15, -0.1) is 0 Å². The van der Waals surface area contributed by atoms with Gasteiger partial charge < -0.3 is 14.8 Å². The summed E-state index contributed by atoms with van der Waals surface area (Å²) in [6.07, 6.45) is 2.21. The molecule has 1 aliphatic rings. The predicted molar refractivity (Wildman–Crippen MR) is 110 cm³/mol. The van der Waals surface area contributed by atoms with Crippen molar-refractivity contribution in [2.75, 3.05) is 38.2 Å². The minimum Gasteiger partial charge on any atom is -0.492 e. The Kier molecular flexibility index (Phi) is 8.11. The van der Waals surface area contributed by atoms with Crippen LogP contribution in [-0.4, -0.2) is 49.3 Å². The smallest absolute Gasteiger partial charge is 0.256 e. The number of nitrogens with one attached hydrogen (secondary N) is 1. The summed E-state index contributed by atoms with van der Waals surface area (Å²) in [6.45, 7) is 14.8. The Labute approximate surface area is 164 Å². The van der Waals surface area contributed by atoms with Crippen LogP contribution in [0.2, 0.25) is 0 Å². The molecule has 0 unspecified atom stereocenters. The minimum absolute atomic E-state index is 0.141. The molecule has 152 valence electrons. The number of anilines is 1. The summed E-state index contributed by atoms with van der Waals surface area (Å²) in [5.74, 6) is 2.22. The van der Waals surface area contributed by atoms with Crippen LogP contribution in [0.25, 0.3) is 0 Å². The first-order chi connectivity index (χ1) is 12.8. The van der Waals surface area contributed by atoms with Gasteiger partial charge in [0, 0.05) is 31.9 Å². The van der Waals surface area contributed by atoms with Crippen LogP contribution in [0.3, 0.4) is 0 Å². The lowest BCUT2D eigenvalue weighted by atomic mass is 9.92. The number of likely N-dealkylation sites (tertiary alicyclic amines) is 1. The molecule has 27 heavy (non-hydrogen) atoms. The van der Waals surface area contributed by atoms with E-state index in [4.69, 9.17) is 9.47 Å². The maximum absolute atomic E-state index is 12.4. The molecule has 1 fully saturated rings. The number of rotatable bonds is 9. The van der Waals surface area contributed by atoms with E-state index in [1.54, 1.807) is 13.8 Å². The highest BCUT2D eigenvalue weighted by atomic mass is 16.5. The van der Waals surface area contributed by atoms with Crippen molar-refractivity contribution in [3.8, 4) is 5.75 Å². The fraction of sp³-hybridized carbons (Fsp3) is 0.682. The van der Waals surface area contributed by atoms with E-state index in [1.165, 1.54) is 6.42 Å². The highest BCUT2D eigenvalue weighted by Gasteiger charge is 2.28. The largest absolute Gasteiger partial charge is 0.492 e. The molecule has 5 nitrogen and oxygen atoms in total. The second kappa shape index (κ2) is 10.1. The van der Waals surface area contributed by atoms with Gasteiger partial charge in [-0.25, -0.2) is 0 Å². The monoisotopic (exact) mass is 376 g/mol. The quantitative estimate of drug-likeness (QED) is 0.702. The second-order valence-electron chi connectivity index (χ2n) is 8.39. The molecule has 1 saturated heterocycles. The molecule has 2 atom stereocenters. The fourth-order valence-corrected chi connectivity index (χ4v) is 3.61. The fourth-order valence-electron chi connectivity index (χ4n) is 3.61. The van der Waals surface area contributed by atoms with E-state index in [-0.39, 0.29) is 5.91 Å². The van der Waals surface area contributed by atoms with Gasteiger partial charge in [0.15, 0.2) is 0 Å². The molecule has 0 saturated carbocycles. The molecule has 0 spiro atoms. The number of hydrogen-bond donors (Lipinski definition) is 1. The zero-order valence-electron chi connectivity index (χ0n) is 17.6. The van der Waals surface area contributed by atoms with E-state index in [0.717, 1.165) is 49.3 Å². The van der Waals surface area contributed by atoms with Crippen LogP contribution in [0.4, 0.5) is 5.69 Å². The van der Waals surface area contributed by atoms with E-state index in [2.05, 4.69) is 24.1 Å². The molecular weight excluding hydrogens is 340 g/mol. The molecule has 0 radical (unpaired) electrons. The third kappa shape index (κ3) is 7.15. The van der Waals surface area contributed by atoms with Crippen molar-refractivity contribution in [2.45, 2.75) is 53.1 Å². The van der Waals surface area contributed by atoms with Crippen molar-refractivity contribution in [2.24, 2.45) is 11.8 Å². The maximum atomic E-state index is 12.4. The lowest BCUT2D eigenvalue weighted by Gasteiger charge is -2.34. The zero-order chi connectivity index (χ0) is 19.9. The molecule has 2 rings (SSSR count). The predicted octanol–water partition coefficient (Wildman–Crippen LogP) is 4.19. The SMILES string of the molecule is CCCOC(C)(C)C(=O)Nc1ccc(OCCN2C[C@H](C)C[C@H](C)C2)cc1. The summed E-state index contributed by atoms with van der Waals surface area (Å²) in [6, 6.07) is 7.54. The van der Waals surface area contributed by atoms with E-state index in [1.807, 2.05) is 31.2 Å². The highest BCUT2D eigenvalue weighted by Crippen LogP contribution is 2.21. The Balaban J connectivity index is 1.77. The van der Waals surface area contributed by atoms with Crippen molar-refractivity contribution >= 4 is 11.6 Å². The van der Waals surface area contributed by atoms with Crippen LogP contribution < -0.4 is 10.1 Å². The van der Waals surface area contributed by atoms with Gasteiger partial charge in [0.05, 0.1) is 0 Å². The maximum Gasteiger partial charge on any atom is 0.256 e. The Bertz CT molecular complexity index is 576. The Morgan fingerprint density at radius 2 is 1.78 bits per heavy atom. The Morgan fingerprint density at radius 1 is 1.15 bits per heavy atom. The van der Waals surface area contributed by atoms with Crippen molar-refractivity contribution in [1.29, 1.82) is 0 Å². The summed E-state index contributed by atoms with van der Waals surface area (Å²) in [4.78, 5) is 14.8. The van der Waals surface area contributed by atoms with Gasteiger partial charge in [0.1, 0.15) is 18.0 Å². The van der Waals surface area contributed by atoms with Crippen LogP contribution in [0.1, 0.15) is 47.5 Å². The summed E-state index contributed by atoms with van der Waals surface area (Å²) in [5.41, 5.74) is -0.0901. The molecule has 0 aliphatic carbocycles. The van der Waals surface area contributed by atoms with Crippen LogP contribution >= 0.6 is 0 Å². The first kappa shape index (κ1) is 21.7. The van der Waals surface area contributed by atoms with Gasteiger partial charge in [-0.05, 0) is 62.8 Å². The van der Waals surface area contributed by atoms with Crippen LogP contribution in [0, 0.1) is 11.8 Å². The molecule has 1 aromatic carbocycles. The van der Waals surface area contributed by atoms with Crippen molar-refractivity contribution in [3.63, 3.8) is 0 Å². The van der Waals surface area contributed by atoms with E-state index < -0.39 is 5.60 Å². The topological polar surface area (TPSA) is 50.8 Å². The van der Waals surface area contributed by atoms with Crippen LogP contribution in [0.15, 0.2) is 24.3 Å². The molecule has 5 heteroatoms. The van der Waals surface area contributed by atoms with Gasteiger partial charge in [-0.3, -0.25) is 9.69 Å². The van der Waals surface area contributed by atoms with E-state index in [0.29, 0.717) is 13.2 Å². The average molecular weight is 377 g/mol. The lowest BCUT2D eigenvalue weighted by molar-refractivity contribution is -0.137. The number of ether oxygens (including phenoxy) is 2. The summed E-state index contributed by atoms with van der Waals surface area (Å²) in [7, 11) is 0. The number of piperidine rings is 1. The Hall–Kier alpha value is -1.59. The third-order valence-corrected chi connectivity index (χ3v) is 4.95. The third-order valence-electron chi connectivity index (χ3n) is 4.95. The number of hydrogen-bond acceptors (Lipinski definition) is 4. The summed E-state index contributed by atoms with van der Waals surface area (Å²) < 4.78 is 11.5. The molecule has 0 aromatic heterocycles. The first-order valence-corrected chi connectivity index (χ1v) is 10.2. The van der Waals surface area contributed by atoms with Crippen molar-refractivity contribution in [1.82, 2.24) is 4.90 Å². The molecule has 0 bridgehead atoms. The van der Waals surface area contributed by atoms with Gasteiger partial charge in [-0.2, -0.15) is 0 Å². The van der Waals surface area contributed by atoms with Gasteiger partial charge in [0.25, 0.3) is 5.91 Å². The van der Waals surface area contributed by atoms with Crippen molar-refractivity contribution < 1.29 is 14.3 Å². The molecular formula is C22H36N2O3. The molecule has 1 amide bonds. The van der Waals surface area contributed by atoms with E-state index >= 15 is 0 Å². The number of carbonyl (C=O) groups is 1. The first-order valence-electron chi connectivity index (χ1n) is 10.2. The molecule has 1 aliphatic heterocycles. The normalized spacial score (nSPS) is 21.1. The summed E-state index contributed by atoms with van der Waals surface area (Å²) in [5, 5.41) is 2.91. The molecule has 1 aromatic rings. The Morgan fingerprint density at radius 3 is 2.37 bits per heavy atom.